The van der Waals surface area contributed by atoms with Gasteiger partial charge in [-0.2, -0.15) is 5.10 Å². The molecule has 0 bridgehead atoms. The number of aromatic nitrogens is 2. The van der Waals surface area contributed by atoms with E-state index in [0.717, 1.165) is 12.1 Å². The molecule has 0 saturated carbocycles. The second-order valence-electron chi connectivity index (χ2n) is 3.79. The highest BCUT2D eigenvalue weighted by Gasteiger charge is 2.22. The molecular formula is C11H13N3O6. The molecule has 0 radical (unpaired) electrons. The molecule has 1 heterocycles. The quantitative estimate of drug-likeness (QED) is 0.563. The van der Waals surface area contributed by atoms with Crippen LogP contribution < -0.4 is 10.9 Å². The first-order chi connectivity index (χ1) is 9.43. The lowest BCUT2D eigenvalue weighted by molar-refractivity contribution is -0.142. The number of aliphatic carboxylic acids is 1. The van der Waals surface area contributed by atoms with Crippen LogP contribution in [0.15, 0.2) is 16.9 Å². The summed E-state index contributed by atoms with van der Waals surface area (Å²) in [7, 11) is 1.18. The van der Waals surface area contributed by atoms with Crippen LogP contribution in [0.5, 0.6) is 0 Å². The maximum absolute atomic E-state index is 11.7. The maximum Gasteiger partial charge on any atom is 0.326 e. The molecule has 1 atom stereocenters. The van der Waals surface area contributed by atoms with Gasteiger partial charge in [-0.05, 0) is 12.5 Å². The predicted molar refractivity (Wildman–Crippen MR) is 65.0 cm³/mol. The summed E-state index contributed by atoms with van der Waals surface area (Å²) in [5.74, 6) is -2.63. The Morgan fingerprint density at radius 2 is 2.15 bits per heavy atom. The van der Waals surface area contributed by atoms with Crippen LogP contribution in [-0.2, 0) is 14.3 Å². The Morgan fingerprint density at radius 1 is 1.45 bits per heavy atom. The Balaban J connectivity index is 2.67. The number of carboxylic acids is 1. The number of nitrogens with zero attached hydrogens (tertiary/aromatic N) is 1. The van der Waals surface area contributed by atoms with Gasteiger partial charge in [0.05, 0.1) is 7.11 Å². The fourth-order valence-electron chi connectivity index (χ4n) is 1.32. The number of carbonyl (C=O) groups is 3. The van der Waals surface area contributed by atoms with Gasteiger partial charge in [0, 0.05) is 12.5 Å². The van der Waals surface area contributed by atoms with Crippen molar-refractivity contribution in [3.05, 3.63) is 28.2 Å². The molecule has 0 unspecified atom stereocenters. The zero-order chi connectivity index (χ0) is 15.1. The Morgan fingerprint density at radius 3 is 2.65 bits per heavy atom. The summed E-state index contributed by atoms with van der Waals surface area (Å²) in [6, 6.07) is 0.995. The van der Waals surface area contributed by atoms with Crippen molar-refractivity contribution in [2.24, 2.45) is 0 Å². The third-order valence-corrected chi connectivity index (χ3v) is 2.38. The molecule has 9 nitrogen and oxygen atoms in total. The molecule has 0 aliphatic rings. The molecule has 1 aromatic rings. The minimum Gasteiger partial charge on any atom is -0.480 e. The monoisotopic (exact) mass is 283 g/mol. The normalized spacial score (nSPS) is 11.4. The number of amides is 1. The number of methoxy groups -OCH3 is 1. The van der Waals surface area contributed by atoms with E-state index in [0.29, 0.717) is 0 Å². The minimum absolute atomic E-state index is 0.114. The van der Waals surface area contributed by atoms with Crippen molar-refractivity contribution in [1.82, 2.24) is 15.5 Å². The van der Waals surface area contributed by atoms with Gasteiger partial charge in [-0.1, -0.05) is 0 Å². The minimum atomic E-state index is -1.29. The number of carbonyl (C=O) groups excluding carboxylic acids is 2. The molecule has 20 heavy (non-hydrogen) atoms. The second kappa shape index (κ2) is 7.02. The molecule has 0 aliphatic heterocycles. The number of aromatic amines is 1. The van der Waals surface area contributed by atoms with Crippen LogP contribution in [0.25, 0.3) is 0 Å². The van der Waals surface area contributed by atoms with Crippen LogP contribution in [-0.4, -0.2) is 46.3 Å². The standard InChI is InChI=1S/C11H13N3O6/c1-20-9(16)5-3-7(11(18)19)12-10(17)6-2-4-8(15)14-13-6/h2,4,7H,3,5H2,1H3,(H,12,17)(H,14,15)(H,18,19)/t7-/m1/s1. The first-order valence-corrected chi connectivity index (χ1v) is 5.60. The number of esters is 1. The summed E-state index contributed by atoms with van der Waals surface area (Å²) in [5, 5.41) is 16.7. The van der Waals surface area contributed by atoms with Gasteiger partial charge >= 0.3 is 11.9 Å². The average Bonchev–Trinajstić information content (AvgIpc) is 2.43. The molecule has 108 valence electrons. The molecule has 9 heteroatoms. The number of rotatable bonds is 6. The van der Waals surface area contributed by atoms with Crippen molar-refractivity contribution in [3.8, 4) is 0 Å². The maximum atomic E-state index is 11.7. The Kier molecular flexibility index (Phi) is 5.39. The SMILES string of the molecule is COC(=O)CC[C@@H](NC(=O)c1ccc(=O)[nH]n1)C(=O)O. The Hall–Kier alpha value is -2.71. The third kappa shape index (κ3) is 4.52. The van der Waals surface area contributed by atoms with Crippen molar-refractivity contribution in [3.63, 3.8) is 0 Å². The lowest BCUT2D eigenvalue weighted by Gasteiger charge is -2.13. The van der Waals surface area contributed by atoms with Crippen molar-refractivity contribution in [2.75, 3.05) is 7.11 Å². The molecule has 1 amide bonds. The summed E-state index contributed by atoms with van der Waals surface area (Å²) in [4.78, 5) is 44.4. The van der Waals surface area contributed by atoms with Gasteiger partial charge in [-0.15, -0.1) is 0 Å². The van der Waals surface area contributed by atoms with Crippen molar-refractivity contribution < 1.29 is 24.2 Å². The first kappa shape index (κ1) is 15.3. The zero-order valence-corrected chi connectivity index (χ0v) is 10.6. The van der Waals surface area contributed by atoms with E-state index in [2.05, 4.69) is 20.3 Å². The lowest BCUT2D eigenvalue weighted by Crippen LogP contribution is -2.41. The molecule has 0 fully saturated rings. The zero-order valence-electron chi connectivity index (χ0n) is 10.6. The van der Waals surface area contributed by atoms with Crippen LogP contribution in [0.2, 0.25) is 0 Å². The molecule has 1 aromatic heterocycles. The fourth-order valence-corrected chi connectivity index (χ4v) is 1.32. The molecule has 3 N–H and O–H groups in total. The smallest absolute Gasteiger partial charge is 0.326 e. The molecule has 0 spiro atoms. The van der Waals surface area contributed by atoms with E-state index in [1.54, 1.807) is 0 Å². The summed E-state index contributed by atoms with van der Waals surface area (Å²) in [6.07, 6.45) is -0.260. The molecule has 0 aromatic carbocycles. The molecule has 0 saturated heterocycles. The Labute approximate surface area is 112 Å². The van der Waals surface area contributed by atoms with E-state index in [1.165, 1.54) is 7.11 Å². The van der Waals surface area contributed by atoms with Crippen molar-refractivity contribution in [1.29, 1.82) is 0 Å². The second-order valence-corrected chi connectivity index (χ2v) is 3.79. The van der Waals surface area contributed by atoms with E-state index in [1.807, 2.05) is 0 Å². The van der Waals surface area contributed by atoms with Gasteiger partial charge in [-0.25, -0.2) is 9.89 Å². The molecule has 0 aliphatic carbocycles. The number of nitrogens with one attached hydrogen (secondary N) is 2. The van der Waals surface area contributed by atoms with Crippen LogP contribution >= 0.6 is 0 Å². The highest BCUT2D eigenvalue weighted by Crippen LogP contribution is 2.01. The van der Waals surface area contributed by atoms with Gasteiger partial charge in [0.15, 0.2) is 0 Å². The number of carboxylic acid groups (broad SMARTS) is 1. The lowest BCUT2D eigenvalue weighted by atomic mass is 10.1. The van der Waals surface area contributed by atoms with Crippen LogP contribution in [0.1, 0.15) is 23.3 Å². The highest BCUT2D eigenvalue weighted by molar-refractivity contribution is 5.94. The summed E-state index contributed by atoms with van der Waals surface area (Å²) in [6.45, 7) is 0. The average molecular weight is 283 g/mol. The molecular weight excluding hydrogens is 270 g/mol. The van der Waals surface area contributed by atoms with Crippen LogP contribution in [0.4, 0.5) is 0 Å². The largest absolute Gasteiger partial charge is 0.480 e. The van der Waals surface area contributed by atoms with Crippen molar-refractivity contribution in [2.45, 2.75) is 18.9 Å². The third-order valence-electron chi connectivity index (χ3n) is 2.38. The molecule has 1 rings (SSSR count). The van der Waals surface area contributed by atoms with E-state index < -0.39 is 29.4 Å². The summed E-state index contributed by atoms with van der Waals surface area (Å²) in [5.41, 5.74) is -0.615. The Bertz CT molecular complexity index is 547. The first-order valence-electron chi connectivity index (χ1n) is 5.60. The van der Waals surface area contributed by atoms with Gasteiger partial charge in [0.25, 0.3) is 11.5 Å². The van der Waals surface area contributed by atoms with E-state index in [-0.39, 0.29) is 18.5 Å². The van der Waals surface area contributed by atoms with Gasteiger partial charge in [0.2, 0.25) is 0 Å². The van der Waals surface area contributed by atoms with Gasteiger partial charge < -0.3 is 15.2 Å². The summed E-state index contributed by atoms with van der Waals surface area (Å²) < 4.78 is 4.39. The van der Waals surface area contributed by atoms with E-state index >= 15 is 0 Å². The van der Waals surface area contributed by atoms with Crippen LogP contribution in [0, 0.1) is 0 Å². The topological polar surface area (TPSA) is 138 Å². The fraction of sp³-hybridized carbons (Fsp3) is 0.364. The number of hydrogen-bond acceptors (Lipinski definition) is 6. The predicted octanol–water partition coefficient (Wildman–Crippen LogP) is -1.09. The van der Waals surface area contributed by atoms with Crippen molar-refractivity contribution >= 4 is 17.8 Å². The highest BCUT2D eigenvalue weighted by atomic mass is 16.5. The van der Waals surface area contributed by atoms with E-state index in [4.69, 9.17) is 5.11 Å². The van der Waals surface area contributed by atoms with Gasteiger partial charge in [0.1, 0.15) is 11.7 Å². The number of H-pyrrole nitrogens is 1. The van der Waals surface area contributed by atoms with Crippen LogP contribution in [0.3, 0.4) is 0 Å². The number of ether oxygens (including phenoxy) is 1. The van der Waals surface area contributed by atoms with Gasteiger partial charge in [-0.3, -0.25) is 14.4 Å². The van der Waals surface area contributed by atoms with E-state index in [9.17, 15) is 19.2 Å². The number of hydrogen-bond donors (Lipinski definition) is 3. The summed E-state index contributed by atoms with van der Waals surface area (Å²) >= 11 is 0.